The molecule has 0 aliphatic carbocycles. The number of carbonyl (C=O) groups excluding carboxylic acids is 1. The zero-order valence-electron chi connectivity index (χ0n) is 16.3. The van der Waals surface area contributed by atoms with E-state index < -0.39 is 26.7 Å². The van der Waals surface area contributed by atoms with E-state index in [0.29, 0.717) is 5.69 Å². The molecule has 0 saturated carbocycles. The molecule has 1 N–H and O–H groups in total. The Bertz CT molecular complexity index is 1000. The molecule has 1 saturated heterocycles. The second-order valence-electron chi connectivity index (χ2n) is 7.09. The number of amides is 1. The van der Waals surface area contributed by atoms with Crippen LogP contribution < -0.4 is 5.32 Å². The molecular formula is C20H22F3N3O3S. The third-order valence-corrected chi connectivity index (χ3v) is 6.80. The molecule has 1 aliphatic rings. The van der Waals surface area contributed by atoms with Gasteiger partial charge in [-0.25, -0.2) is 8.42 Å². The fraction of sp³-hybridized carbons (Fsp3) is 0.350. The second kappa shape index (κ2) is 8.75. The molecule has 30 heavy (non-hydrogen) atoms. The van der Waals surface area contributed by atoms with Gasteiger partial charge < -0.3 is 5.32 Å². The van der Waals surface area contributed by atoms with E-state index in [1.165, 1.54) is 6.07 Å². The molecule has 10 heteroatoms. The average molecular weight is 441 g/mol. The zero-order chi connectivity index (χ0) is 21.9. The summed E-state index contributed by atoms with van der Waals surface area (Å²) in [5.41, 5.74) is 0.554. The second-order valence-corrected chi connectivity index (χ2v) is 8.99. The van der Waals surface area contributed by atoms with Gasteiger partial charge >= 0.3 is 6.18 Å². The maximum Gasteiger partial charge on any atom is 0.417 e. The zero-order valence-corrected chi connectivity index (χ0v) is 17.1. The monoisotopic (exact) mass is 441 g/mol. The molecule has 0 spiro atoms. The number of hydrogen-bond acceptors (Lipinski definition) is 4. The van der Waals surface area contributed by atoms with Crippen LogP contribution in [0.3, 0.4) is 0 Å². The minimum absolute atomic E-state index is 0.00629. The lowest BCUT2D eigenvalue weighted by atomic mass is 10.2. The molecule has 0 atom stereocenters. The van der Waals surface area contributed by atoms with Crippen LogP contribution in [0.5, 0.6) is 0 Å². The number of nitrogens with one attached hydrogen (secondary N) is 1. The lowest BCUT2D eigenvalue weighted by molar-refractivity contribution is -0.140. The summed E-state index contributed by atoms with van der Waals surface area (Å²) in [5, 5.41) is 2.77. The highest BCUT2D eigenvalue weighted by Gasteiger charge is 2.39. The Hall–Kier alpha value is -2.43. The molecule has 0 radical (unpaired) electrons. The van der Waals surface area contributed by atoms with Gasteiger partial charge in [-0.2, -0.15) is 17.5 Å². The standard InChI is InChI=1S/C20H22F3N3O3S/c1-15-6-8-16(9-7-15)24-19(27)14-25-10-12-26(13-11-25)30(28,29)18-5-3-2-4-17(18)20(21,22)23/h2-9H,10-14H2,1H3,(H,24,27). The molecule has 1 fully saturated rings. The van der Waals surface area contributed by atoms with Gasteiger partial charge in [0.25, 0.3) is 0 Å². The molecule has 0 unspecified atom stereocenters. The van der Waals surface area contributed by atoms with E-state index in [2.05, 4.69) is 5.32 Å². The smallest absolute Gasteiger partial charge is 0.325 e. The molecule has 6 nitrogen and oxygen atoms in total. The Morgan fingerprint density at radius 2 is 1.60 bits per heavy atom. The Kier molecular flexibility index (Phi) is 6.49. The summed E-state index contributed by atoms with van der Waals surface area (Å²) in [4.78, 5) is 13.2. The number of anilines is 1. The van der Waals surface area contributed by atoms with Crippen LogP contribution in [-0.2, 0) is 21.0 Å². The van der Waals surface area contributed by atoms with E-state index in [1.54, 1.807) is 17.0 Å². The van der Waals surface area contributed by atoms with E-state index in [-0.39, 0.29) is 38.6 Å². The molecular weight excluding hydrogens is 419 g/mol. The Balaban J connectivity index is 1.61. The van der Waals surface area contributed by atoms with Gasteiger partial charge in [0.05, 0.1) is 17.0 Å². The Morgan fingerprint density at radius 3 is 2.20 bits per heavy atom. The highest BCUT2D eigenvalue weighted by atomic mass is 32.2. The lowest BCUT2D eigenvalue weighted by Crippen LogP contribution is -2.50. The first-order valence-corrected chi connectivity index (χ1v) is 10.8. The van der Waals surface area contributed by atoms with Crippen LogP contribution in [0.1, 0.15) is 11.1 Å². The SMILES string of the molecule is Cc1ccc(NC(=O)CN2CCN(S(=O)(=O)c3ccccc3C(F)(F)F)CC2)cc1. The van der Waals surface area contributed by atoms with Crippen LogP contribution in [0.15, 0.2) is 53.4 Å². The van der Waals surface area contributed by atoms with E-state index in [1.807, 2.05) is 19.1 Å². The van der Waals surface area contributed by atoms with Gasteiger partial charge in [-0.1, -0.05) is 29.8 Å². The Morgan fingerprint density at radius 1 is 1.00 bits per heavy atom. The predicted octanol–water partition coefficient (Wildman–Crippen LogP) is 2.96. The van der Waals surface area contributed by atoms with Gasteiger partial charge in [-0.15, -0.1) is 0 Å². The molecule has 0 aromatic heterocycles. The van der Waals surface area contributed by atoms with E-state index >= 15 is 0 Å². The van der Waals surface area contributed by atoms with Crippen molar-refractivity contribution in [2.45, 2.75) is 18.0 Å². The van der Waals surface area contributed by atoms with Crippen LogP contribution in [0.2, 0.25) is 0 Å². The Labute approximate surface area is 173 Å². The summed E-state index contributed by atoms with van der Waals surface area (Å²) in [7, 11) is -4.29. The third-order valence-electron chi connectivity index (χ3n) is 4.84. The minimum atomic E-state index is -4.76. The van der Waals surface area contributed by atoms with Crippen LogP contribution >= 0.6 is 0 Å². The number of alkyl halides is 3. The number of nitrogens with zero attached hydrogens (tertiary/aromatic N) is 2. The number of benzene rings is 2. The number of piperazine rings is 1. The maximum atomic E-state index is 13.2. The first-order chi connectivity index (χ1) is 14.1. The van der Waals surface area contributed by atoms with Crippen LogP contribution in [-0.4, -0.2) is 56.3 Å². The van der Waals surface area contributed by atoms with Gasteiger partial charge in [-0.05, 0) is 31.2 Å². The summed E-state index contributed by atoms with van der Waals surface area (Å²) >= 11 is 0. The van der Waals surface area contributed by atoms with E-state index in [9.17, 15) is 26.4 Å². The van der Waals surface area contributed by atoms with Gasteiger partial charge in [0.15, 0.2) is 0 Å². The minimum Gasteiger partial charge on any atom is -0.325 e. The maximum absolute atomic E-state index is 13.2. The summed E-state index contributed by atoms with van der Waals surface area (Å²) in [6.45, 7) is 2.51. The molecule has 3 rings (SSSR count). The molecule has 0 bridgehead atoms. The topological polar surface area (TPSA) is 69.7 Å². The fourth-order valence-electron chi connectivity index (χ4n) is 3.23. The van der Waals surface area contributed by atoms with Crippen LogP contribution in [0.4, 0.5) is 18.9 Å². The largest absolute Gasteiger partial charge is 0.417 e. The van der Waals surface area contributed by atoms with Crippen molar-refractivity contribution in [3.05, 3.63) is 59.7 Å². The number of halogens is 3. The number of carbonyl (C=O) groups is 1. The van der Waals surface area contributed by atoms with Gasteiger partial charge in [-0.3, -0.25) is 9.69 Å². The summed E-state index contributed by atoms with van der Waals surface area (Å²) in [6, 6.07) is 11.5. The van der Waals surface area contributed by atoms with Crippen molar-refractivity contribution in [1.82, 2.24) is 9.21 Å². The quantitative estimate of drug-likeness (QED) is 0.775. The van der Waals surface area contributed by atoms with Gasteiger partial charge in [0.1, 0.15) is 0 Å². The number of sulfonamides is 1. The summed E-state index contributed by atoms with van der Waals surface area (Å²) in [5.74, 6) is -0.238. The fourth-order valence-corrected chi connectivity index (χ4v) is 4.87. The first kappa shape index (κ1) is 22.3. The van der Waals surface area contributed by atoms with Gasteiger partial charge in [0.2, 0.25) is 15.9 Å². The molecule has 162 valence electrons. The molecule has 2 aromatic rings. The number of rotatable bonds is 5. The lowest BCUT2D eigenvalue weighted by Gasteiger charge is -2.34. The summed E-state index contributed by atoms with van der Waals surface area (Å²) in [6.07, 6.45) is -4.76. The van der Waals surface area contributed by atoms with Crippen LogP contribution in [0.25, 0.3) is 0 Å². The highest BCUT2D eigenvalue weighted by Crippen LogP contribution is 2.35. The first-order valence-electron chi connectivity index (χ1n) is 9.32. The molecule has 1 amide bonds. The van der Waals surface area contributed by atoms with Crippen molar-refractivity contribution in [3.8, 4) is 0 Å². The summed E-state index contributed by atoms with van der Waals surface area (Å²) < 4.78 is 66.2. The third kappa shape index (κ3) is 5.18. The molecule has 2 aromatic carbocycles. The predicted molar refractivity (Wildman–Crippen MR) is 106 cm³/mol. The number of aryl methyl sites for hydroxylation is 1. The highest BCUT2D eigenvalue weighted by molar-refractivity contribution is 7.89. The van der Waals surface area contributed by atoms with Crippen molar-refractivity contribution < 1.29 is 26.4 Å². The van der Waals surface area contributed by atoms with Crippen molar-refractivity contribution >= 4 is 21.6 Å². The van der Waals surface area contributed by atoms with Crippen LogP contribution in [0, 0.1) is 6.92 Å². The van der Waals surface area contributed by atoms with Gasteiger partial charge in [0, 0.05) is 31.9 Å². The number of hydrogen-bond donors (Lipinski definition) is 1. The van der Waals surface area contributed by atoms with E-state index in [0.717, 1.165) is 28.1 Å². The normalized spacial score (nSPS) is 16.4. The average Bonchev–Trinajstić information content (AvgIpc) is 2.69. The molecule has 1 heterocycles. The van der Waals surface area contributed by atoms with Crippen molar-refractivity contribution in [2.75, 3.05) is 38.0 Å². The van der Waals surface area contributed by atoms with Crippen molar-refractivity contribution in [3.63, 3.8) is 0 Å². The van der Waals surface area contributed by atoms with Crippen molar-refractivity contribution in [1.29, 1.82) is 0 Å². The van der Waals surface area contributed by atoms with Crippen molar-refractivity contribution in [2.24, 2.45) is 0 Å². The molecule has 1 aliphatic heterocycles. The van der Waals surface area contributed by atoms with E-state index in [4.69, 9.17) is 0 Å².